The first kappa shape index (κ1) is 7.92. The van der Waals surface area contributed by atoms with Crippen molar-refractivity contribution in [3.05, 3.63) is 7.05 Å². The molecule has 0 bridgehead atoms. The topological polar surface area (TPSA) is 21.3 Å². The summed E-state index contributed by atoms with van der Waals surface area (Å²) >= 11 is 0. The summed E-state index contributed by atoms with van der Waals surface area (Å²) in [6.45, 7) is 6.20. The van der Waals surface area contributed by atoms with Crippen molar-refractivity contribution in [3.8, 4) is 0 Å². The molecule has 2 nitrogen and oxygen atoms in total. The summed E-state index contributed by atoms with van der Waals surface area (Å²) in [6.07, 6.45) is 0.243. The van der Waals surface area contributed by atoms with Gasteiger partial charge in [0, 0.05) is 7.05 Å². The fourth-order valence-corrected chi connectivity index (χ4v) is 0.268. The van der Waals surface area contributed by atoms with E-state index in [1.165, 1.54) is 0 Å². The first-order valence-electron chi connectivity index (χ1n) is 2.86. The maximum absolute atomic E-state index is 4.94. The van der Waals surface area contributed by atoms with E-state index in [2.05, 4.69) is 26.4 Å². The van der Waals surface area contributed by atoms with E-state index in [1.807, 2.05) is 6.92 Å². The molecule has 2 heteroatoms. The van der Waals surface area contributed by atoms with Crippen LogP contribution in [0.4, 0.5) is 0 Å². The maximum atomic E-state index is 4.94. The summed E-state index contributed by atoms with van der Waals surface area (Å²) in [5, 5.41) is 0. The fourth-order valence-electron chi connectivity index (χ4n) is 0.268. The van der Waals surface area contributed by atoms with Crippen molar-refractivity contribution >= 4 is 0 Å². The van der Waals surface area contributed by atoms with Gasteiger partial charge in [0.1, 0.15) is 0 Å². The standard InChI is InChI=1S/C6H14NO/c1-5(2)6(3)8-7-4/h5-7H,4H2,1-3H3. The predicted octanol–water partition coefficient (Wildman–Crippen LogP) is 1.34. The van der Waals surface area contributed by atoms with E-state index in [0.717, 1.165) is 0 Å². The van der Waals surface area contributed by atoms with Gasteiger partial charge >= 0.3 is 0 Å². The molecule has 0 saturated carbocycles. The SMILES string of the molecule is [CH2]NOC(C)C(C)C. The lowest BCUT2D eigenvalue weighted by molar-refractivity contribution is -0.0169. The first-order valence-corrected chi connectivity index (χ1v) is 2.86. The van der Waals surface area contributed by atoms with Crippen LogP contribution in [0.25, 0.3) is 0 Å². The number of rotatable bonds is 3. The summed E-state index contributed by atoms with van der Waals surface area (Å²) in [5.41, 5.74) is 2.40. The van der Waals surface area contributed by atoms with Crippen molar-refractivity contribution < 1.29 is 4.84 Å². The molecular formula is C6H14NO. The van der Waals surface area contributed by atoms with Gasteiger partial charge in [-0.05, 0) is 12.8 Å². The number of hydrogen-bond donors (Lipinski definition) is 1. The molecule has 0 rings (SSSR count). The van der Waals surface area contributed by atoms with Crippen LogP contribution in [0.1, 0.15) is 20.8 Å². The van der Waals surface area contributed by atoms with Crippen LogP contribution in [0.3, 0.4) is 0 Å². The fraction of sp³-hybridized carbons (Fsp3) is 0.833. The molecule has 0 spiro atoms. The highest BCUT2D eigenvalue weighted by molar-refractivity contribution is 4.51. The Morgan fingerprint density at radius 3 is 2.00 bits per heavy atom. The van der Waals surface area contributed by atoms with Crippen molar-refractivity contribution in [2.45, 2.75) is 26.9 Å². The zero-order valence-corrected chi connectivity index (χ0v) is 5.77. The minimum absolute atomic E-state index is 0.243. The predicted molar refractivity (Wildman–Crippen MR) is 33.9 cm³/mol. The van der Waals surface area contributed by atoms with Gasteiger partial charge in [0.05, 0.1) is 6.10 Å². The average molecular weight is 116 g/mol. The molecule has 0 aliphatic carbocycles. The molecule has 1 N–H and O–H groups in total. The van der Waals surface area contributed by atoms with Crippen molar-refractivity contribution in [1.29, 1.82) is 0 Å². The van der Waals surface area contributed by atoms with Crippen LogP contribution in [0.2, 0.25) is 0 Å². The monoisotopic (exact) mass is 116 g/mol. The van der Waals surface area contributed by atoms with Crippen molar-refractivity contribution in [1.82, 2.24) is 5.48 Å². The third-order valence-corrected chi connectivity index (χ3v) is 1.21. The summed E-state index contributed by atoms with van der Waals surface area (Å²) in [5.74, 6) is 0.546. The van der Waals surface area contributed by atoms with Gasteiger partial charge in [0.15, 0.2) is 0 Å². The molecule has 0 heterocycles. The highest BCUT2D eigenvalue weighted by Crippen LogP contribution is 2.01. The number of hydroxylamine groups is 1. The summed E-state index contributed by atoms with van der Waals surface area (Å²) in [7, 11) is 3.34. The van der Waals surface area contributed by atoms with Crippen LogP contribution < -0.4 is 5.48 Å². The van der Waals surface area contributed by atoms with Crippen LogP contribution in [0.5, 0.6) is 0 Å². The van der Waals surface area contributed by atoms with Gasteiger partial charge in [-0.3, -0.25) is 4.84 Å². The van der Waals surface area contributed by atoms with Gasteiger partial charge in [0.2, 0.25) is 0 Å². The first-order chi connectivity index (χ1) is 3.68. The quantitative estimate of drug-likeness (QED) is 0.562. The summed E-state index contributed by atoms with van der Waals surface area (Å²) in [4.78, 5) is 4.94. The highest BCUT2D eigenvalue weighted by Gasteiger charge is 2.04. The van der Waals surface area contributed by atoms with E-state index in [9.17, 15) is 0 Å². The van der Waals surface area contributed by atoms with Gasteiger partial charge in [-0.25, -0.2) is 5.48 Å². The highest BCUT2D eigenvalue weighted by atomic mass is 16.7. The van der Waals surface area contributed by atoms with Crippen LogP contribution in [0.15, 0.2) is 0 Å². The molecule has 8 heavy (non-hydrogen) atoms. The van der Waals surface area contributed by atoms with E-state index in [1.54, 1.807) is 0 Å². The van der Waals surface area contributed by atoms with Crippen molar-refractivity contribution in [3.63, 3.8) is 0 Å². The minimum atomic E-state index is 0.243. The molecule has 0 aromatic rings. The molecule has 0 aromatic heterocycles. The van der Waals surface area contributed by atoms with E-state index in [4.69, 9.17) is 4.84 Å². The van der Waals surface area contributed by atoms with Gasteiger partial charge in [-0.1, -0.05) is 13.8 Å². The Labute approximate surface area is 51.2 Å². The third-order valence-electron chi connectivity index (χ3n) is 1.21. The molecular weight excluding hydrogens is 102 g/mol. The molecule has 1 atom stereocenters. The van der Waals surface area contributed by atoms with E-state index in [0.29, 0.717) is 5.92 Å². The van der Waals surface area contributed by atoms with Crippen molar-refractivity contribution in [2.75, 3.05) is 0 Å². The molecule has 49 valence electrons. The van der Waals surface area contributed by atoms with E-state index in [-0.39, 0.29) is 6.10 Å². The molecule has 0 aliphatic rings. The second kappa shape index (κ2) is 3.87. The molecule has 1 radical (unpaired) electrons. The normalized spacial score (nSPS) is 14.6. The van der Waals surface area contributed by atoms with E-state index < -0.39 is 0 Å². The van der Waals surface area contributed by atoms with Crippen LogP contribution in [-0.2, 0) is 4.84 Å². The molecule has 0 fully saturated rings. The Morgan fingerprint density at radius 2 is 1.88 bits per heavy atom. The molecule has 0 aromatic carbocycles. The van der Waals surface area contributed by atoms with Gasteiger partial charge in [-0.15, -0.1) is 0 Å². The lowest BCUT2D eigenvalue weighted by Gasteiger charge is -2.13. The molecule has 0 saturated heterocycles. The molecule has 0 amide bonds. The molecule has 1 unspecified atom stereocenters. The Bertz CT molecular complexity index is 54.5. The summed E-state index contributed by atoms with van der Waals surface area (Å²) < 4.78 is 0. The van der Waals surface area contributed by atoms with Gasteiger partial charge < -0.3 is 0 Å². The number of hydrogen-bond acceptors (Lipinski definition) is 2. The van der Waals surface area contributed by atoms with E-state index >= 15 is 0 Å². The van der Waals surface area contributed by atoms with Crippen LogP contribution in [-0.4, -0.2) is 6.10 Å². The zero-order valence-electron chi connectivity index (χ0n) is 5.77. The van der Waals surface area contributed by atoms with Crippen LogP contribution >= 0.6 is 0 Å². The second-order valence-corrected chi connectivity index (χ2v) is 2.21. The second-order valence-electron chi connectivity index (χ2n) is 2.21. The summed E-state index contributed by atoms with van der Waals surface area (Å²) in [6, 6.07) is 0. The lowest BCUT2D eigenvalue weighted by atomic mass is 10.1. The smallest absolute Gasteiger partial charge is 0.0785 e. The minimum Gasteiger partial charge on any atom is -0.298 e. The Morgan fingerprint density at radius 1 is 1.38 bits per heavy atom. The third kappa shape index (κ3) is 2.99. The lowest BCUT2D eigenvalue weighted by Crippen LogP contribution is -2.21. The largest absolute Gasteiger partial charge is 0.298 e. The maximum Gasteiger partial charge on any atom is 0.0785 e. The van der Waals surface area contributed by atoms with Gasteiger partial charge in [0.25, 0.3) is 0 Å². The van der Waals surface area contributed by atoms with Crippen molar-refractivity contribution in [2.24, 2.45) is 5.92 Å². The molecule has 0 aliphatic heterocycles. The zero-order chi connectivity index (χ0) is 6.57. The Kier molecular flexibility index (Phi) is 3.83. The number of nitrogens with one attached hydrogen (secondary N) is 1. The van der Waals surface area contributed by atoms with Gasteiger partial charge in [-0.2, -0.15) is 0 Å². The average Bonchev–Trinajstić information content (AvgIpc) is 1.67. The van der Waals surface area contributed by atoms with Crippen LogP contribution in [0, 0.1) is 13.0 Å². The Hall–Kier alpha value is -0.0800. The Balaban J connectivity index is 3.17.